The van der Waals surface area contributed by atoms with Gasteiger partial charge in [-0.05, 0) is 6.42 Å². The molecule has 0 saturated heterocycles. The molecule has 0 aliphatic rings. The Morgan fingerprint density at radius 3 is 2.88 bits per heavy atom. The predicted octanol–water partition coefficient (Wildman–Crippen LogP) is 0.502. The molecule has 2 heteroatoms. The largest absolute Gasteiger partial charge is 0.352 e. The summed E-state index contributed by atoms with van der Waals surface area (Å²) < 4.78 is 0. The molecule has 0 aromatic rings. The Kier molecular flexibility index (Phi) is 3.94. The van der Waals surface area contributed by atoms with E-state index in [0.717, 1.165) is 6.42 Å². The summed E-state index contributed by atoms with van der Waals surface area (Å²) in [5.74, 6) is -0.216. The van der Waals surface area contributed by atoms with Crippen molar-refractivity contribution >= 4 is 5.91 Å². The molecule has 8 heavy (non-hydrogen) atoms. The summed E-state index contributed by atoms with van der Waals surface area (Å²) in [4.78, 5) is 10.3. The van der Waals surface area contributed by atoms with Crippen LogP contribution in [0.4, 0.5) is 0 Å². The summed E-state index contributed by atoms with van der Waals surface area (Å²) in [5.41, 5.74) is 0. The van der Waals surface area contributed by atoms with Crippen LogP contribution >= 0.6 is 0 Å². The monoisotopic (exact) mass is 112 g/mol. The van der Waals surface area contributed by atoms with Crippen LogP contribution in [-0.4, -0.2) is 12.5 Å². The highest BCUT2D eigenvalue weighted by molar-refractivity contribution is 5.82. The van der Waals surface area contributed by atoms with Crippen LogP contribution < -0.4 is 5.32 Å². The molecule has 45 valence electrons. The van der Waals surface area contributed by atoms with Gasteiger partial charge < -0.3 is 5.32 Å². The highest BCUT2D eigenvalue weighted by Crippen LogP contribution is 1.69. The topological polar surface area (TPSA) is 29.1 Å². The number of nitrogens with one attached hydrogen (secondary N) is 1. The minimum absolute atomic E-state index is 0.216. The van der Waals surface area contributed by atoms with Gasteiger partial charge in [0.2, 0.25) is 0 Å². The summed E-state index contributed by atoms with van der Waals surface area (Å²) in [6, 6.07) is 0. The summed E-state index contributed by atoms with van der Waals surface area (Å²) >= 11 is 0. The van der Waals surface area contributed by atoms with Crippen molar-refractivity contribution in [3.05, 3.63) is 12.7 Å². The average molecular weight is 112 g/mol. The molecule has 1 amide bonds. The third-order valence-electron chi connectivity index (χ3n) is 0.696. The Hall–Kier alpha value is -0.790. The van der Waals surface area contributed by atoms with Crippen molar-refractivity contribution in [2.75, 3.05) is 6.54 Å². The lowest BCUT2D eigenvalue weighted by molar-refractivity contribution is -0.117. The van der Waals surface area contributed by atoms with Crippen LogP contribution in [0.25, 0.3) is 0 Å². The lowest BCUT2D eigenvalue weighted by Gasteiger charge is -1.94. The van der Waals surface area contributed by atoms with Gasteiger partial charge in [-0.3, -0.25) is 4.79 Å². The smallest absolute Gasteiger partial charge is 0.251 e. The van der Waals surface area contributed by atoms with Gasteiger partial charge in [-0.15, -0.1) is 0 Å². The van der Waals surface area contributed by atoms with E-state index in [4.69, 9.17) is 0 Å². The van der Waals surface area contributed by atoms with Gasteiger partial charge in [0.15, 0.2) is 0 Å². The molecule has 2 nitrogen and oxygen atoms in total. The summed E-state index contributed by atoms with van der Waals surface area (Å²) in [7, 11) is 0. The van der Waals surface area contributed by atoms with Crippen molar-refractivity contribution in [1.29, 1.82) is 0 Å². The van der Waals surface area contributed by atoms with Crippen molar-refractivity contribution in [3.8, 4) is 0 Å². The summed E-state index contributed by atoms with van der Waals surface area (Å²) in [5, 5.41) is 2.57. The van der Waals surface area contributed by atoms with Crippen LogP contribution in [0.2, 0.25) is 0 Å². The zero-order valence-corrected chi connectivity index (χ0v) is 5.03. The minimum atomic E-state index is -0.216. The number of carbonyl (C=O) groups excluding carboxylic acids is 1. The second-order valence-corrected chi connectivity index (χ2v) is 1.43. The SMILES string of the molecule is C=[C]C(=O)NCCC. The Morgan fingerprint density at radius 1 is 1.88 bits per heavy atom. The van der Waals surface area contributed by atoms with Crippen molar-refractivity contribution in [3.63, 3.8) is 0 Å². The van der Waals surface area contributed by atoms with Crippen LogP contribution in [0.5, 0.6) is 0 Å². The fourth-order valence-electron chi connectivity index (χ4n) is 0.301. The first-order valence-corrected chi connectivity index (χ1v) is 2.62. The second kappa shape index (κ2) is 4.37. The first-order valence-electron chi connectivity index (χ1n) is 2.62. The molecule has 0 aromatic carbocycles. The van der Waals surface area contributed by atoms with E-state index in [1.54, 1.807) is 0 Å². The van der Waals surface area contributed by atoms with E-state index in [-0.39, 0.29) is 5.91 Å². The van der Waals surface area contributed by atoms with Crippen molar-refractivity contribution in [2.45, 2.75) is 13.3 Å². The van der Waals surface area contributed by atoms with Crippen molar-refractivity contribution in [1.82, 2.24) is 5.32 Å². The third kappa shape index (κ3) is 3.40. The second-order valence-electron chi connectivity index (χ2n) is 1.43. The van der Waals surface area contributed by atoms with Crippen molar-refractivity contribution in [2.24, 2.45) is 0 Å². The van der Waals surface area contributed by atoms with E-state index in [9.17, 15) is 4.79 Å². The molecule has 0 rings (SSSR count). The molecular formula is C6H10NO. The molecule has 1 radical (unpaired) electrons. The number of hydrogen-bond acceptors (Lipinski definition) is 1. The maximum absolute atomic E-state index is 10.3. The van der Waals surface area contributed by atoms with Gasteiger partial charge in [0.1, 0.15) is 0 Å². The lowest BCUT2D eigenvalue weighted by Crippen LogP contribution is -2.21. The zero-order valence-electron chi connectivity index (χ0n) is 5.03. The molecule has 0 unspecified atom stereocenters. The maximum Gasteiger partial charge on any atom is 0.251 e. The Balaban J connectivity index is 3.11. The van der Waals surface area contributed by atoms with Crippen LogP contribution in [-0.2, 0) is 4.79 Å². The summed E-state index contributed by atoms with van der Waals surface area (Å²) in [6.45, 7) is 5.88. The minimum Gasteiger partial charge on any atom is -0.352 e. The van der Waals surface area contributed by atoms with E-state index in [2.05, 4.69) is 18.0 Å². The lowest BCUT2D eigenvalue weighted by atomic mass is 10.4. The third-order valence-corrected chi connectivity index (χ3v) is 0.696. The highest BCUT2D eigenvalue weighted by atomic mass is 16.1. The normalized spacial score (nSPS) is 8.12. The predicted molar refractivity (Wildman–Crippen MR) is 32.2 cm³/mol. The molecule has 0 saturated carbocycles. The van der Waals surface area contributed by atoms with E-state index in [1.165, 1.54) is 0 Å². The molecule has 0 aliphatic carbocycles. The Morgan fingerprint density at radius 2 is 2.50 bits per heavy atom. The summed E-state index contributed by atoms with van der Waals surface area (Å²) in [6.07, 6.45) is 3.15. The van der Waals surface area contributed by atoms with Gasteiger partial charge in [-0.1, -0.05) is 13.5 Å². The molecular weight excluding hydrogens is 102 g/mol. The average Bonchev–Trinajstić information content (AvgIpc) is 1.83. The van der Waals surface area contributed by atoms with E-state index in [1.807, 2.05) is 6.92 Å². The number of hydrogen-bond donors (Lipinski definition) is 1. The van der Waals surface area contributed by atoms with Gasteiger partial charge in [0.25, 0.3) is 5.91 Å². The van der Waals surface area contributed by atoms with Gasteiger partial charge in [-0.2, -0.15) is 0 Å². The van der Waals surface area contributed by atoms with Gasteiger partial charge >= 0.3 is 0 Å². The van der Waals surface area contributed by atoms with Gasteiger partial charge in [0.05, 0.1) is 0 Å². The molecule has 1 N–H and O–H groups in total. The zero-order chi connectivity index (χ0) is 6.41. The quantitative estimate of drug-likeness (QED) is 0.529. The maximum atomic E-state index is 10.3. The first-order chi connectivity index (χ1) is 3.81. The van der Waals surface area contributed by atoms with Crippen LogP contribution in [0.1, 0.15) is 13.3 Å². The fourth-order valence-corrected chi connectivity index (χ4v) is 0.301. The van der Waals surface area contributed by atoms with Crippen LogP contribution in [0.3, 0.4) is 0 Å². The fraction of sp³-hybridized carbons (Fsp3) is 0.500. The number of amides is 1. The standard InChI is InChI=1S/C6H10NO/c1-3-5-7-6(8)4-2/h2-3,5H2,1H3,(H,7,8). The number of carbonyl (C=O) groups is 1. The van der Waals surface area contributed by atoms with E-state index in [0.29, 0.717) is 6.54 Å². The van der Waals surface area contributed by atoms with Gasteiger partial charge in [-0.25, -0.2) is 0 Å². The Bertz CT molecular complexity index is 88.5. The molecule has 0 spiro atoms. The van der Waals surface area contributed by atoms with Crippen LogP contribution in [0, 0.1) is 6.08 Å². The van der Waals surface area contributed by atoms with Crippen LogP contribution in [0.15, 0.2) is 6.58 Å². The van der Waals surface area contributed by atoms with E-state index < -0.39 is 0 Å². The van der Waals surface area contributed by atoms with Crippen molar-refractivity contribution < 1.29 is 4.79 Å². The number of rotatable bonds is 3. The van der Waals surface area contributed by atoms with E-state index >= 15 is 0 Å². The highest BCUT2D eigenvalue weighted by Gasteiger charge is 1.87. The Labute approximate surface area is 49.6 Å². The molecule has 0 bridgehead atoms. The molecule has 0 aromatic heterocycles. The molecule has 0 atom stereocenters. The molecule has 0 aliphatic heterocycles. The first kappa shape index (κ1) is 7.21. The molecule has 0 fully saturated rings. The molecule has 0 heterocycles. The van der Waals surface area contributed by atoms with Gasteiger partial charge in [0, 0.05) is 12.6 Å².